The lowest BCUT2D eigenvalue weighted by Crippen LogP contribution is -2.15. The van der Waals surface area contributed by atoms with Gasteiger partial charge in [-0.3, -0.25) is 9.36 Å². The van der Waals surface area contributed by atoms with Gasteiger partial charge in [0.2, 0.25) is 5.91 Å². The normalized spacial score (nSPS) is 13.6. The second-order valence-electron chi connectivity index (χ2n) is 6.25. The number of rotatable bonds is 6. The zero-order chi connectivity index (χ0) is 18.8. The molecule has 1 aliphatic rings. The van der Waals surface area contributed by atoms with E-state index in [4.69, 9.17) is 23.2 Å². The molecule has 0 bridgehead atoms. The number of hydrogen-bond acceptors (Lipinski definition) is 4. The molecule has 1 amide bonds. The van der Waals surface area contributed by atoms with Gasteiger partial charge in [0.25, 0.3) is 0 Å². The van der Waals surface area contributed by atoms with Gasteiger partial charge in [-0.05, 0) is 43.2 Å². The lowest BCUT2D eigenvalue weighted by atomic mass is 10.3. The minimum absolute atomic E-state index is 0.181. The number of thioether (sulfide) groups is 1. The summed E-state index contributed by atoms with van der Waals surface area (Å²) in [5, 5.41) is 13.1. The van der Waals surface area contributed by atoms with E-state index >= 15 is 0 Å². The van der Waals surface area contributed by atoms with Gasteiger partial charge < -0.3 is 5.32 Å². The maximum atomic E-state index is 12.4. The van der Waals surface area contributed by atoms with Crippen LogP contribution in [0.3, 0.4) is 0 Å². The molecule has 0 radical (unpaired) electrons. The van der Waals surface area contributed by atoms with E-state index in [0.29, 0.717) is 26.8 Å². The number of halogens is 2. The van der Waals surface area contributed by atoms with Crippen LogP contribution in [0.25, 0.3) is 5.69 Å². The van der Waals surface area contributed by atoms with Gasteiger partial charge in [0, 0.05) is 16.6 Å². The molecule has 0 spiro atoms. The highest BCUT2D eigenvalue weighted by molar-refractivity contribution is 7.99. The lowest BCUT2D eigenvalue weighted by molar-refractivity contribution is -0.113. The van der Waals surface area contributed by atoms with E-state index in [1.165, 1.54) is 11.8 Å². The van der Waals surface area contributed by atoms with Crippen LogP contribution in [0, 0.1) is 0 Å². The van der Waals surface area contributed by atoms with Crippen molar-refractivity contribution in [2.24, 2.45) is 0 Å². The fraction of sp³-hybridized carbons (Fsp3) is 0.211. The molecule has 138 valence electrons. The van der Waals surface area contributed by atoms with Gasteiger partial charge in [-0.15, -0.1) is 10.2 Å². The number of para-hydroxylation sites is 1. The Morgan fingerprint density at radius 2 is 1.93 bits per heavy atom. The van der Waals surface area contributed by atoms with Crippen molar-refractivity contribution in [2.45, 2.75) is 23.9 Å². The van der Waals surface area contributed by atoms with Crippen molar-refractivity contribution in [3.05, 3.63) is 64.4 Å². The van der Waals surface area contributed by atoms with E-state index < -0.39 is 0 Å². The maximum Gasteiger partial charge on any atom is 0.234 e. The summed E-state index contributed by atoms with van der Waals surface area (Å²) in [5.74, 6) is 1.42. The van der Waals surface area contributed by atoms with Gasteiger partial charge in [-0.2, -0.15) is 0 Å². The number of anilines is 1. The molecule has 1 heterocycles. The van der Waals surface area contributed by atoms with Crippen molar-refractivity contribution in [3.8, 4) is 5.69 Å². The first-order valence-corrected chi connectivity index (χ1v) is 10.2. The molecule has 0 saturated heterocycles. The van der Waals surface area contributed by atoms with E-state index in [1.54, 1.807) is 18.2 Å². The minimum Gasteiger partial charge on any atom is -0.324 e. The van der Waals surface area contributed by atoms with Crippen molar-refractivity contribution in [1.82, 2.24) is 14.8 Å². The Morgan fingerprint density at radius 3 is 2.67 bits per heavy atom. The zero-order valence-corrected chi connectivity index (χ0v) is 16.6. The van der Waals surface area contributed by atoms with Gasteiger partial charge in [0.05, 0.1) is 16.5 Å². The average Bonchev–Trinajstić information content (AvgIpc) is 3.43. The van der Waals surface area contributed by atoms with Crippen molar-refractivity contribution < 1.29 is 4.79 Å². The largest absolute Gasteiger partial charge is 0.324 e. The fourth-order valence-electron chi connectivity index (χ4n) is 2.71. The number of carbonyl (C=O) groups excluding carboxylic acids is 1. The molecule has 1 aliphatic carbocycles. The smallest absolute Gasteiger partial charge is 0.234 e. The first-order valence-electron chi connectivity index (χ1n) is 8.50. The average molecular weight is 419 g/mol. The Labute approximate surface area is 171 Å². The van der Waals surface area contributed by atoms with E-state index in [0.717, 1.165) is 24.4 Å². The standard InChI is InChI=1S/C19H16Cl2N4OS/c20-13-8-9-15(21)16(10-13)22-17(26)11-27-19-24-23-18(12-6-7-12)25(19)14-4-2-1-3-5-14/h1-5,8-10,12H,6-7,11H2,(H,22,26). The van der Waals surface area contributed by atoms with Crippen molar-refractivity contribution in [3.63, 3.8) is 0 Å². The summed E-state index contributed by atoms with van der Waals surface area (Å²) >= 11 is 13.4. The molecule has 2 aromatic carbocycles. The molecule has 27 heavy (non-hydrogen) atoms. The van der Waals surface area contributed by atoms with Crippen LogP contribution in [-0.4, -0.2) is 26.4 Å². The van der Waals surface area contributed by atoms with Gasteiger partial charge in [-0.25, -0.2) is 0 Å². The number of aromatic nitrogens is 3. The summed E-state index contributed by atoms with van der Waals surface area (Å²) in [5.41, 5.74) is 1.50. The number of amides is 1. The van der Waals surface area contributed by atoms with E-state index in [-0.39, 0.29) is 11.7 Å². The Balaban J connectivity index is 1.50. The molecule has 1 saturated carbocycles. The number of benzene rings is 2. The Bertz CT molecular complexity index is 973. The molecule has 1 N–H and O–H groups in total. The van der Waals surface area contributed by atoms with Crippen LogP contribution < -0.4 is 5.32 Å². The maximum absolute atomic E-state index is 12.4. The van der Waals surface area contributed by atoms with Crippen molar-refractivity contribution in [2.75, 3.05) is 11.1 Å². The zero-order valence-electron chi connectivity index (χ0n) is 14.2. The molecular formula is C19H16Cl2N4OS. The monoisotopic (exact) mass is 418 g/mol. The highest BCUT2D eigenvalue weighted by Gasteiger charge is 2.31. The Hall–Kier alpha value is -2.02. The van der Waals surface area contributed by atoms with Gasteiger partial charge in [0.15, 0.2) is 5.16 Å². The third-order valence-corrected chi connectivity index (χ3v) is 5.64. The number of nitrogens with one attached hydrogen (secondary N) is 1. The molecule has 5 nitrogen and oxygen atoms in total. The highest BCUT2D eigenvalue weighted by Crippen LogP contribution is 2.41. The molecular weight excluding hydrogens is 403 g/mol. The van der Waals surface area contributed by atoms with Crippen LogP contribution in [0.5, 0.6) is 0 Å². The first kappa shape index (κ1) is 18.3. The topological polar surface area (TPSA) is 59.8 Å². The summed E-state index contributed by atoms with van der Waals surface area (Å²) < 4.78 is 2.04. The highest BCUT2D eigenvalue weighted by atomic mass is 35.5. The molecule has 8 heteroatoms. The van der Waals surface area contributed by atoms with E-state index in [9.17, 15) is 4.79 Å². The molecule has 4 rings (SSSR count). The fourth-order valence-corrected chi connectivity index (χ4v) is 3.81. The summed E-state index contributed by atoms with van der Waals surface area (Å²) in [6.07, 6.45) is 2.26. The third-order valence-electron chi connectivity index (χ3n) is 4.15. The molecule has 0 atom stereocenters. The van der Waals surface area contributed by atoms with Crippen LogP contribution in [0.4, 0.5) is 5.69 Å². The lowest BCUT2D eigenvalue weighted by Gasteiger charge is -2.10. The van der Waals surface area contributed by atoms with Crippen molar-refractivity contribution >= 4 is 46.6 Å². The first-order chi connectivity index (χ1) is 13.1. The number of nitrogens with zero attached hydrogens (tertiary/aromatic N) is 3. The third kappa shape index (κ3) is 4.29. The second-order valence-corrected chi connectivity index (χ2v) is 8.03. The predicted molar refractivity (Wildman–Crippen MR) is 109 cm³/mol. The van der Waals surface area contributed by atoms with Crippen molar-refractivity contribution in [1.29, 1.82) is 0 Å². The van der Waals surface area contributed by atoms with Crippen LogP contribution in [0.15, 0.2) is 53.7 Å². The minimum atomic E-state index is -0.181. The predicted octanol–water partition coefficient (Wildman–Crippen LogP) is 5.18. The molecule has 0 unspecified atom stereocenters. The molecule has 0 aliphatic heterocycles. The van der Waals surface area contributed by atoms with Gasteiger partial charge in [0.1, 0.15) is 5.82 Å². The quantitative estimate of drug-likeness (QED) is 0.560. The molecule has 1 aromatic heterocycles. The summed E-state index contributed by atoms with van der Waals surface area (Å²) in [7, 11) is 0. The molecule has 3 aromatic rings. The number of hydrogen-bond donors (Lipinski definition) is 1. The Morgan fingerprint density at radius 1 is 1.15 bits per heavy atom. The summed E-state index contributed by atoms with van der Waals surface area (Å²) in [4.78, 5) is 12.4. The van der Waals surface area contributed by atoms with Crippen LogP contribution in [-0.2, 0) is 4.79 Å². The van der Waals surface area contributed by atoms with Gasteiger partial charge >= 0.3 is 0 Å². The Kier molecular flexibility index (Phi) is 5.38. The van der Waals surface area contributed by atoms with Crippen LogP contribution in [0.2, 0.25) is 10.0 Å². The van der Waals surface area contributed by atoms with E-state index in [2.05, 4.69) is 15.5 Å². The summed E-state index contributed by atoms with van der Waals surface area (Å²) in [6, 6.07) is 14.9. The second kappa shape index (κ2) is 7.92. The molecule has 1 fully saturated rings. The summed E-state index contributed by atoms with van der Waals surface area (Å²) in [6.45, 7) is 0. The number of carbonyl (C=O) groups is 1. The van der Waals surface area contributed by atoms with Crippen LogP contribution >= 0.6 is 35.0 Å². The van der Waals surface area contributed by atoms with E-state index in [1.807, 2.05) is 34.9 Å². The van der Waals surface area contributed by atoms with Crippen LogP contribution in [0.1, 0.15) is 24.6 Å². The SMILES string of the molecule is O=C(CSc1nnc(C2CC2)n1-c1ccccc1)Nc1cc(Cl)ccc1Cl. The van der Waals surface area contributed by atoms with Gasteiger partial charge in [-0.1, -0.05) is 53.2 Å².